The molecule has 2 N–H and O–H groups in total. The van der Waals surface area contributed by atoms with Gasteiger partial charge >= 0.3 is 0 Å². The van der Waals surface area contributed by atoms with Crippen LogP contribution in [0.4, 0.5) is 17.7 Å². The second-order valence-electron chi connectivity index (χ2n) is 9.21. The molecule has 10 nitrogen and oxygen atoms in total. The maximum atomic E-state index is 12.6. The van der Waals surface area contributed by atoms with E-state index in [4.69, 9.17) is 20.4 Å². The van der Waals surface area contributed by atoms with Crippen molar-refractivity contribution in [2.45, 2.75) is 31.8 Å². The van der Waals surface area contributed by atoms with E-state index >= 15 is 0 Å². The molecule has 5 rings (SSSR count). The maximum absolute atomic E-state index is 12.6. The zero-order valence-electron chi connectivity index (χ0n) is 18.9. The van der Waals surface area contributed by atoms with Gasteiger partial charge < -0.3 is 24.8 Å². The van der Waals surface area contributed by atoms with Crippen molar-refractivity contribution >= 4 is 25.0 Å². The Morgan fingerprint density at radius 3 is 2.59 bits per heavy atom. The zero-order valence-corrected chi connectivity index (χ0v) is 19.8. The number of ether oxygens (including phenoxy) is 1. The molecule has 0 radical (unpaired) electrons. The van der Waals surface area contributed by atoms with Crippen LogP contribution in [0.3, 0.4) is 0 Å². The largest absolute Gasteiger partial charge is 0.377 e. The first kappa shape index (κ1) is 21.6. The Kier molecular flexibility index (Phi) is 5.55. The van der Waals surface area contributed by atoms with Gasteiger partial charge in [0.1, 0.15) is 13.1 Å². The quantitative estimate of drug-likeness (QED) is 0.679. The number of nitrogens with two attached hydrogens (primary N) is 1. The third-order valence-electron chi connectivity index (χ3n) is 6.68. The number of nitrogen functional groups attached to an aromatic ring is 1. The lowest BCUT2D eigenvalue weighted by molar-refractivity contribution is 0.0981. The number of hydrogen-bond acceptors (Lipinski definition) is 9. The average molecular weight is 459 g/mol. The predicted octanol–water partition coefficient (Wildman–Crippen LogP) is 1.72. The number of morpholine rings is 1. The Hall–Kier alpha value is -2.29. The highest BCUT2D eigenvalue weighted by molar-refractivity contribution is 7.59. The van der Waals surface area contributed by atoms with Gasteiger partial charge in [-0.3, -0.25) is 4.67 Å². The van der Waals surface area contributed by atoms with Crippen molar-refractivity contribution < 1.29 is 9.30 Å². The first-order chi connectivity index (χ1) is 15.3. The molecule has 0 aliphatic carbocycles. The van der Waals surface area contributed by atoms with Crippen molar-refractivity contribution in [2.24, 2.45) is 0 Å². The van der Waals surface area contributed by atoms with E-state index in [9.17, 15) is 4.57 Å². The van der Waals surface area contributed by atoms with Gasteiger partial charge in [-0.25, -0.2) is 15.0 Å². The number of fused-ring (bicyclic) bond motifs is 1. The van der Waals surface area contributed by atoms with Crippen LogP contribution in [-0.2, 0) is 15.7 Å². The summed E-state index contributed by atoms with van der Waals surface area (Å²) < 4.78 is 20.4. The van der Waals surface area contributed by atoms with Crippen LogP contribution in [0, 0.1) is 0 Å². The molecule has 3 aliphatic rings. The van der Waals surface area contributed by atoms with Crippen LogP contribution in [0.25, 0.3) is 11.3 Å². The molecule has 0 aromatic carbocycles. The van der Waals surface area contributed by atoms with Crippen molar-refractivity contribution in [1.29, 1.82) is 0 Å². The monoisotopic (exact) mass is 458 g/mol. The van der Waals surface area contributed by atoms with E-state index in [0.29, 0.717) is 25.2 Å². The van der Waals surface area contributed by atoms with Crippen LogP contribution in [0.2, 0.25) is 0 Å². The topological polar surface area (TPSA) is 114 Å². The van der Waals surface area contributed by atoms with Crippen molar-refractivity contribution in [3.8, 4) is 11.3 Å². The van der Waals surface area contributed by atoms with Crippen LogP contribution in [0.5, 0.6) is 0 Å². The van der Waals surface area contributed by atoms with Gasteiger partial charge in [0, 0.05) is 69.1 Å². The van der Waals surface area contributed by atoms with Gasteiger partial charge in [0.15, 0.2) is 0 Å². The SMILES string of the molecule is C[C@H]1COCCN1c1nc(-c2cnc(N)nc2)c2c(n1)N([C@@H]1CCN(P(C)(C)=O)C1)CC2. The van der Waals surface area contributed by atoms with Crippen molar-refractivity contribution in [3.63, 3.8) is 0 Å². The Labute approximate surface area is 188 Å². The van der Waals surface area contributed by atoms with Crippen LogP contribution >= 0.6 is 7.29 Å². The van der Waals surface area contributed by atoms with Crippen LogP contribution < -0.4 is 15.5 Å². The first-order valence-electron chi connectivity index (χ1n) is 11.2. The minimum Gasteiger partial charge on any atom is -0.377 e. The summed E-state index contributed by atoms with van der Waals surface area (Å²) in [5.74, 6) is 1.94. The molecule has 172 valence electrons. The Morgan fingerprint density at radius 2 is 1.91 bits per heavy atom. The molecule has 0 bridgehead atoms. The van der Waals surface area contributed by atoms with Crippen LogP contribution in [0.15, 0.2) is 12.4 Å². The molecule has 0 amide bonds. The number of aromatic nitrogens is 4. The fraction of sp³-hybridized carbons (Fsp3) is 0.619. The molecule has 32 heavy (non-hydrogen) atoms. The average Bonchev–Trinajstić information content (AvgIpc) is 3.41. The molecule has 0 saturated carbocycles. The summed E-state index contributed by atoms with van der Waals surface area (Å²) in [5.41, 5.74) is 8.57. The summed E-state index contributed by atoms with van der Waals surface area (Å²) in [6.45, 7) is 10.5. The van der Waals surface area contributed by atoms with E-state index < -0.39 is 7.29 Å². The molecule has 2 aromatic heterocycles. The predicted molar refractivity (Wildman–Crippen MR) is 126 cm³/mol. The second kappa shape index (κ2) is 8.24. The van der Waals surface area contributed by atoms with Gasteiger partial charge in [-0.15, -0.1) is 0 Å². The van der Waals surface area contributed by atoms with E-state index in [1.165, 1.54) is 0 Å². The second-order valence-corrected chi connectivity index (χ2v) is 12.4. The minimum atomic E-state index is -2.25. The van der Waals surface area contributed by atoms with Gasteiger partial charge in [-0.05, 0) is 19.8 Å². The lowest BCUT2D eigenvalue weighted by atomic mass is 10.1. The third kappa shape index (κ3) is 3.95. The maximum Gasteiger partial charge on any atom is 0.228 e. The molecule has 2 saturated heterocycles. The number of anilines is 3. The van der Waals surface area contributed by atoms with E-state index in [2.05, 4.69) is 31.4 Å². The number of hydrogen-bond donors (Lipinski definition) is 1. The fourth-order valence-corrected chi connectivity index (χ4v) is 6.07. The van der Waals surface area contributed by atoms with Crippen molar-refractivity contribution in [1.82, 2.24) is 24.6 Å². The molecule has 0 unspecified atom stereocenters. The van der Waals surface area contributed by atoms with E-state index in [1.54, 1.807) is 12.4 Å². The van der Waals surface area contributed by atoms with Gasteiger partial charge in [0.05, 0.1) is 24.9 Å². The minimum absolute atomic E-state index is 0.195. The standard InChI is InChI=1S/C21H31N8O2P/c1-14-13-31-9-8-28(14)21-25-18(15-10-23-20(22)24-11-15)17-5-7-29(19(17)26-21)16-4-6-27(12-16)32(2,3)30/h10-11,14,16H,4-9,12-13H2,1-3H3,(H2,22,23,24)/t14-,16+/m0/s1. The Morgan fingerprint density at radius 1 is 1.12 bits per heavy atom. The Bertz CT molecular complexity index is 1040. The summed E-state index contributed by atoms with van der Waals surface area (Å²) in [4.78, 5) is 23.1. The smallest absolute Gasteiger partial charge is 0.228 e. The molecule has 0 spiro atoms. The van der Waals surface area contributed by atoms with Crippen molar-refractivity contribution in [3.05, 3.63) is 18.0 Å². The van der Waals surface area contributed by atoms with Crippen molar-refractivity contribution in [2.75, 3.05) is 68.3 Å². The zero-order chi connectivity index (χ0) is 22.5. The summed E-state index contributed by atoms with van der Waals surface area (Å²) in [5, 5.41) is 0. The highest BCUT2D eigenvalue weighted by atomic mass is 31.2. The van der Waals surface area contributed by atoms with E-state index in [-0.39, 0.29) is 12.0 Å². The van der Waals surface area contributed by atoms with E-state index in [1.807, 2.05) is 13.3 Å². The third-order valence-corrected chi connectivity index (χ3v) is 8.41. The number of rotatable bonds is 4. The fourth-order valence-electron chi connectivity index (χ4n) is 4.89. The first-order valence-corrected chi connectivity index (χ1v) is 13.8. The van der Waals surface area contributed by atoms with E-state index in [0.717, 1.165) is 61.7 Å². The summed E-state index contributed by atoms with van der Waals surface area (Å²) >= 11 is 0. The molecule has 2 fully saturated rings. The van der Waals surface area contributed by atoms with Gasteiger partial charge in [-0.2, -0.15) is 4.98 Å². The lowest BCUT2D eigenvalue weighted by Crippen LogP contribution is -2.45. The van der Waals surface area contributed by atoms with Gasteiger partial charge in [-0.1, -0.05) is 0 Å². The summed E-state index contributed by atoms with van der Waals surface area (Å²) in [7, 11) is -2.25. The molecular weight excluding hydrogens is 427 g/mol. The summed E-state index contributed by atoms with van der Waals surface area (Å²) in [6.07, 6.45) is 5.32. The van der Waals surface area contributed by atoms with Crippen LogP contribution in [0.1, 0.15) is 18.9 Å². The normalized spacial score (nSPS) is 24.2. The molecule has 11 heteroatoms. The Balaban J connectivity index is 1.55. The highest BCUT2D eigenvalue weighted by Crippen LogP contribution is 2.45. The molecule has 2 aromatic rings. The van der Waals surface area contributed by atoms with Gasteiger partial charge in [0.25, 0.3) is 0 Å². The highest BCUT2D eigenvalue weighted by Gasteiger charge is 2.38. The molecule has 2 atom stereocenters. The van der Waals surface area contributed by atoms with Gasteiger partial charge in [0.2, 0.25) is 11.9 Å². The molecular formula is C21H31N8O2P. The number of nitrogens with zero attached hydrogens (tertiary/aromatic N) is 7. The van der Waals surface area contributed by atoms with Crippen LogP contribution in [-0.4, -0.2) is 89.4 Å². The summed E-state index contributed by atoms with van der Waals surface area (Å²) in [6, 6.07) is 0.491. The lowest BCUT2D eigenvalue weighted by Gasteiger charge is -2.34. The molecule has 5 heterocycles. The molecule has 3 aliphatic heterocycles.